The first-order chi connectivity index (χ1) is 9.90. The molecule has 1 aromatic rings. The summed E-state index contributed by atoms with van der Waals surface area (Å²) < 4.78 is 13.3. The van der Waals surface area contributed by atoms with Gasteiger partial charge in [-0.2, -0.15) is 0 Å². The van der Waals surface area contributed by atoms with E-state index in [1.54, 1.807) is 19.1 Å². The molecule has 1 aromatic carbocycles. The van der Waals surface area contributed by atoms with Crippen molar-refractivity contribution in [2.75, 3.05) is 6.54 Å². The molecule has 1 aliphatic heterocycles. The first-order valence-electron chi connectivity index (χ1n) is 6.12. The van der Waals surface area contributed by atoms with Crippen LogP contribution in [0.1, 0.15) is 18.9 Å². The summed E-state index contributed by atoms with van der Waals surface area (Å²) in [7, 11) is 0. The Kier molecular flexibility index (Phi) is 4.74. The third kappa shape index (κ3) is 3.48. The van der Waals surface area contributed by atoms with Crippen molar-refractivity contribution in [3.8, 4) is 0 Å². The number of allylic oxidation sites excluding steroid dienone is 1. The van der Waals surface area contributed by atoms with Gasteiger partial charge in [0.15, 0.2) is 0 Å². The lowest BCUT2D eigenvalue weighted by Crippen LogP contribution is -2.30. The Bertz CT molecular complexity index is 640. The molecule has 0 radical (unpaired) electrons. The maximum absolute atomic E-state index is 12.9. The average molecular weight is 325 g/mol. The highest BCUT2D eigenvalue weighted by Crippen LogP contribution is 2.36. The van der Waals surface area contributed by atoms with E-state index in [9.17, 15) is 14.0 Å². The minimum atomic E-state index is -0.983. The van der Waals surface area contributed by atoms with Crippen LogP contribution in [0.5, 0.6) is 0 Å². The summed E-state index contributed by atoms with van der Waals surface area (Å²) in [5.74, 6) is -1.63. The Morgan fingerprint density at radius 1 is 1.38 bits per heavy atom. The van der Waals surface area contributed by atoms with Crippen molar-refractivity contribution in [2.24, 2.45) is 0 Å². The highest BCUT2D eigenvalue weighted by molar-refractivity contribution is 8.26. The van der Waals surface area contributed by atoms with Crippen LogP contribution in [0.2, 0.25) is 0 Å². The molecule has 1 amide bonds. The first-order valence-corrected chi connectivity index (χ1v) is 7.35. The summed E-state index contributed by atoms with van der Waals surface area (Å²) in [5, 5.41) is 8.69. The lowest BCUT2D eigenvalue weighted by atomic mass is 10.1. The van der Waals surface area contributed by atoms with Gasteiger partial charge in [0.25, 0.3) is 5.91 Å². The quantitative estimate of drug-likeness (QED) is 0.681. The molecule has 0 aromatic heterocycles. The number of halogens is 1. The van der Waals surface area contributed by atoms with Crippen LogP contribution >= 0.6 is 24.0 Å². The lowest BCUT2D eigenvalue weighted by molar-refractivity contribution is -0.137. The van der Waals surface area contributed by atoms with Gasteiger partial charge in [0.1, 0.15) is 10.1 Å². The molecule has 0 spiro atoms. The van der Waals surface area contributed by atoms with Crippen LogP contribution in [-0.4, -0.2) is 32.7 Å². The monoisotopic (exact) mass is 325 g/mol. The van der Waals surface area contributed by atoms with E-state index in [0.717, 1.165) is 17.3 Å². The molecule has 1 fully saturated rings. The van der Waals surface area contributed by atoms with Gasteiger partial charge < -0.3 is 5.11 Å². The Balaban J connectivity index is 2.26. The standard InChI is InChI=1S/C14H12FNO3S2/c1-8(9-2-4-10(15)5-3-9)12-13(19)16(14(20)21-12)7-6-11(17)18/h2-5H,6-7H2,1H3,(H,17,18)/b12-8+. The summed E-state index contributed by atoms with van der Waals surface area (Å²) in [6.07, 6.45) is -0.157. The van der Waals surface area contributed by atoms with Crippen LogP contribution in [-0.2, 0) is 9.59 Å². The molecule has 0 unspecified atom stereocenters. The summed E-state index contributed by atoms with van der Waals surface area (Å²) in [6, 6.07) is 5.83. The SMILES string of the molecule is C/C(=C1\SC(=S)N(CCC(=O)O)C1=O)c1ccc(F)cc1. The fourth-order valence-corrected chi connectivity index (χ4v) is 3.21. The first kappa shape index (κ1) is 15.7. The van der Waals surface area contributed by atoms with E-state index in [4.69, 9.17) is 17.3 Å². The van der Waals surface area contributed by atoms with Crippen molar-refractivity contribution in [3.05, 3.63) is 40.6 Å². The number of amides is 1. The molecule has 110 valence electrons. The van der Waals surface area contributed by atoms with Crippen molar-refractivity contribution >= 4 is 45.7 Å². The highest BCUT2D eigenvalue weighted by atomic mass is 32.2. The number of thiocarbonyl (C=S) groups is 1. The minimum Gasteiger partial charge on any atom is -0.481 e. The number of carboxylic acid groups (broad SMARTS) is 1. The minimum absolute atomic E-state index is 0.0558. The zero-order chi connectivity index (χ0) is 15.6. The second-order valence-corrected chi connectivity index (χ2v) is 6.07. The molecular formula is C14H12FNO3S2. The maximum Gasteiger partial charge on any atom is 0.305 e. The van der Waals surface area contributed by atoms with Crippen LogP contribution in [0.3, 0.4) is 0 Å². The third-order valence-electron chi connectivity index (χ3n) is 3.02. The number of aliphatic carboxylic acids is 1. The van der Waals surface area contributed by atoms with E-state index < -0.39 is 5.97 Å². The van der Waals surface area contributed by atoms with Gasteiger partial charge in [-0.05, 0) is 30.2 Å². The Labute approximate surface area is 130 Å². The molecule has 1 saturated heterocycles. The number of rotatable bonds is 4. The highest BCUT2D eigenvalue weighted by Gasteiger charge is 2.33. The zero-order valence-electron chi connectivity index (χ0n) is 11.1. The molecule has 0 saturated carbocycles. The molecular weight excluding hydrogens is 313 g/mol. The Morgan fingerprint density at radius 2 is 2.00 bits per heavy atom. The van der Waals surface area contributed by atoms with Crippen LogP contribution in [0.4, 0.5) is 4.39 Å². The number of hydrogen-bond donors (Lipinski definition) is 1. The molecule has 0 bridgehead atoms. The molecule has 2 rings (SSSR count). The van der Waals surface area contributed by atoms with E-state index in [2.05, 4.69) is 0 Å². The average Bonchev–Trinajstić information content (AvgIpc) is 2.72. The normalized spacial score (nSPS) is 17.3. The number of benzene rings is 1. The zero-order valence-corrected chi connectivity index (χ0v) is 12.8. The summed E-state index contributed by atoms with van der Waals surface area (Å²) >= 11 is 6.26. The van der Waals surface area contributed by atoms with Crippen molar-refractivity contribution in [3.63, 3.8) is 0 Å². The van der Waals surface area contributed by atoms with Gasteiger partial charge in [-0.15, -0.1) is 0 Å². The predicted octanol–water partition coefficient (Wildman–Crippen LogP) is 2.89. The number of nitrogens with zero attached hydrogens (tertiary/aromatic N) is 1. The predicted molar refractivity (Wildman–Crippen MR) is 83.1 cm³/mol. The number of carbonyl (C=O) groups excluding carboxylic acids is 1. The van der Waals surface area contributed by atoms with Gasteiger partial charge in [0, 0.05) is 6.54 Å². The maximum atomic E-state index is 12.9. The summed E-state index contributed by atoms with van der Waals surface area (Å²) in [4.78, 5) is 24.6. The van der Waals surface area contributed by atoms with Gasteiger partial charge >= 0.3 is 5.97 Å². The van der Waals surface area contributed by atoms with Crippen LogP contribution in [0, 0.1) is 5.82 Å². The molecule has 7 heteroatoms. The fourth-order valence-electron chi connectivity index (χ4n) is 1.86. The smallest absolute Gasteiger partial charge is 0.305 e. The summed E-state index contributed by atoms with van der Waals surface area (Å²) in [5.41, 5.74) is 1.43. The third-order valence-corrected chi connectivity index (χ3v) is 4.57. The second-order valence-electron chi connectivity index (χ2n) is 4.43. The van der Waals surface area contributed by atoms with E-state index in [1.807, 2.05) is 0 Å². The molecule has 0 aliphatic carbocycles. The largest absolute Gasteiger partial charge is 0.481 e. The van der Waals surface area contributed by atoms with Crippen molar-refractivity contribution in [1.82, 2.24) is 4.90 Å². The number of thioether (sulfide) groups is 1. The van der Waals surface area contributed by atoms with Gasteiger partial charge in [-0.25, -0.2) is 4.39 Å². The topological polar surface area (TPSA) is 57.6 Å². The van der Waals surface area contributed by atoms with Gasteiger partial charge in [0.05, 0.1) is 11.3 Å². The van der Waals surface area contributed by atoms with E-state index >= 15 is 0 Å². The van der Waals surface area contributed by atoms with Crippen LogP contribution in [0.15, 0.2) is 29.2 Å². The number of carbonyl (C=O) groups is 2. The Hall–Kier alpha value is -1.73. The molecule has 1 aliphatic rings. The molecule has 1 heterocycles. The lowest BCUT2D eigenvalue weighted by Gasteiger charge is -2.12. The van der Waals surface area contributed by atoms with Gasteiger partial charge in [0.2, 0.25) is 0 Å². The van der Waals surface area contributed by atoms with Gasteiger partial charge in [-0.1, -0.05) is 36.1 Å². The van der Waals surface area contributed by atoms with Crippen molar-refractivity contribution in [1.29, 1.82) is 0 Å². The number of hydrogen-bond acceptors (Lipinski definition) is 4. The second kappa shape index (κ2) is 6.36. The molecule has 0 atom stereocenters. The molecule has 1 N–H and O–H groups in total. The van der Waals surface area contributed by atoms with E-state index in [0.29, 0.717) is 14.8 Å². The van der Waals surface area contributed by atoms with Gasteiger partial charge in [-0.3, -0.25) is 14.5 Å². The Morgan fingerprint density at radius 3 is 2.57 bits per heavy atom. The molecule has 4 nitrogen and oxygen atoms in total. The fraction of sp³-hybridized carbons (Fsp3) is 0.214. The van der Waals surface area contributed by atoms with Crippen molar-refractivity contribution in [2.45, 2.75) is 13.3 Å². The number of carboxylic acids is 1. The molecule has 21 heavy (non-hydrogen) atoms. The van der Waals surface area contributed by atoms with Crippen LogP contribution in [0.25, 0.3) is 5.57 Å². The van der Waals surface area contributed by atoms with E-state index in [1.165, 1.54) is 17.0 Å². The van der Waals surface area contributed by atoms with E-state index in [-0.39, 0.29) is 24.7 Å². The van der Waals surface area contributed by atoms with Crippen LogP contribution < -0.4 is 0 Å². The summed E-state index contributed by atoms with van der Waals surface area (Å²) in [6.45, 7) is 1.82. The van der Waals surface area contributed by atoms with Crippen molar-refractivity contribution < 1.29 is 19.1 Å².